The van der Waals surface area contributed by atoms with E-state index >= 15 is 0 Å². The van der Waals surface area contributed by atoms with Crippen LogP contribution >= 0.6 is 24.0 Å². The van der Waals surface area contributed by atoms with Gasteiger partial charge in [0.15, 0.2) is 5.96 Å². The number of piperidine rings is 1. The highest BCUT2D eigenvalue weighted by Gasteiger charge is 2.27. The van der Waals surface area contributed by atoms with Crippen LogP contribution in [0.2, 0.25) is 0 Å². The fraction of sp³-hybridized carbons (Fsp3) is 0.550. The van der Waals surface area contributed by atoms with Gasteiger partial charge in [0.05, 0.1) is 11.4 Å². The highest BCUT2D eigenvalue weighted by Crippen LogP contribution is 2.24. The molecule has 0 saturated carbocycles. The summed E-state index contributed by atoms with van der Waals surface area (Å²) < 4.78 is 27.8. The molecule has 0 aromatic heterocycles. The molecule has 0 radical (unpaired) electrons. The fourth-order valence-corrected chi connectivity index (χ4v) is 5.27. The summed E-state index contributed by atoms with van der Waals surface area (Å²) in [5.41, 5.74) is 0.741. The van der Waals surface area contributed by atoms with Gasteiger partial charge in [0.2, 0.25) is 10.0 Å². The van der Waals surface area contributed by atoms with Crippen molar-refractivity contribution in [2.24, 2.45) is 4.99 Å². The summed E-state index contributed by atoms with van der Waals surface area (Å²) in [6.07, 6.45) is 9.29. The third kappa shape index (κ3) is 5.93. The molecule has 0 bridgehead atoms. The Labute approximate surface area is 185 Å². The van der Waals surface area contributed by atoms with Gasteiger partial charge in [-0.05, 0) is 44.2 Å². The Morgan fingerprint density at radius 2 is 1.82 bits per heavy atom. The molecule has 1 aromatic rings. The van der Waals surface area contributed by atoms with Crippen LogP contribution in [0.4, 0.5) is 0 Å². The molecule has 0 atom stereocenters. The maximum absolute atomic E-state index is 13.1. The van der Waals surface area contributed by atoms with Crippen LogP contribution in [-0.2, 0) is 16.6 Å². The lowest BCUT2D eigenvalue weighted by atomic mass is 10.2. The molecule has 2 N–H and O–H groups in total. The minimum Gasteiger partial charge on any atom is -0.357 e. The van der Waals surface area contributed by atoms with Crippen LogP contribution in [-0.4, -0.2) is 44.4 Å². The van der Waals surface area contributed by atoms with Crippen molar-refractivity contribution in [3.8, 4) is 0 Å². The first-order chi connectivity index (χ1) is 13.1. The molecule has 1 heterocycles. The predicted octanol–water partition coefficient (Wildman–Crippen LogP) is 3.25. The normalized spacial score (nSPS) is 18.7. The smallest absolute Gasteiger partial charge is 0.243 e. The van der Waals surface area contributed by atoms with Gasteiger partial charge in [-0.15, -0.1) is 24.0 Å². The molecule has 3 rings (SSSR count). The number of rotatable bonds is 6. The van der Waals surface area contributed by atoms with Crippen molar-refractivity contribution >= 4 is 40.0 Å². The monoisotopic (exact) mass is 518 g/mol. The van der Waals surface area contributed by atoms with E-state index in [1.165, 1.54) is 0 Å². The summed E-state index contributed by atoms with van der Waals surface area (Å²) in [5.74, 6) is 0.733. The lowest BCUT2D eigenvalue weighted by molar-refractivity contribution is 0.346. The number of nitrogens with one attached hydrogen (secondary N) is 2. The van der Waals surface area contributed by atoms with Crippen LogP contribution in [0, 0.1) is 0 Å². The van der Waals surface area contributed by atoms with Gasteiger partial charge < -0.3 is 10.6 Å². The van der Waals surface area contributed by atoms with Crippen molar-refractivity contribution in [1.29, 1.82) is 0 Å². The Morgan fingerprint density at radius 1 is 1.14 bits per heavy atom. The molecule has 1 saturated heterocycles. The average Bonchev–Trinajstić information content (AvgIpc) is 3.20. The standard InChI is InChI=1S/C20H30N4O2S.HI/c1-2-21-20(23-18-11-5-6-12-18)22-16-17-10-4-7-13-19(17)27(25,26)24-14-8-3-9-15-24;/h4-7,10,13,18H,2-3,8-9,11-12,14-16H2,1H3,(H2,21,22,23);1H. The van der Waals surface area contributed by atoms with Crippen molar-refractivity contribution in [2.75, 3.05) is 19.6 Å². The highest BCUT2D eigenvalue weighted by atomic mass is 127. The number of halogens is 1. The second-order valence-corrected chi connectivity index (χ2v) is 8.96. The molecule has 28 heavy (non-hydrogen) atoms. The molecule has 1 aliphatic heterocycles. The third-order valence-electron chi connectivity index (χ3n) is 5.01. The molecule has 0 unspecified atom stereocenters. The zero-order valence-corrected chi connectivity index (χ0v) is 19.6. The number of aliphatic imine (C=N–C) groups is 1. The Kier molecular flexibility index (Phi) is 9.23. The van der Waals surface area contributed by atoms with Crippen LogP contribution in [0.15, 0.2) is 46.3 Å². The van der Waals surface area contributed by atoms with E-state index in [0.717, 1.165) is 50.2 Å². The van der Waals surface area contributed by atoms with E-state index in [1.54, 1.807) is 16.4 Å². The first-order valence-corrected chi connectivity index (χ1v) is 11.3. The number of benzene rings is 1. The number of hydrogen-bond acceptors (Lipinski definition) is 3. The summed E-state index contributed by atoms with van der Waals surface area (Å²) in [4.78, 5) is 5.03. The van der Waals surface area contributed by atoms with Gasteiger partial charge in [-0.1, -0.05) is 36.8 Å². The molecule has 1 aromatic carbocycles. The van der Waals surface area contributed by atoms with Crippen molar-refractivity contribution in [3.05, 3.63) is 42.0 Å². The molecule has 156 valence electrons. The first kappa shape index (κ1) is 23.2. The van der Waals surface area contributed by atoms with Gasteiger partial charge >= 0.3 is 0 Å². The minimum absolute atomic E-state index is 0. The first-order valence-electron chi connectivity index (χ1n) is 9.89. The minimum atomic E-state index is -3.46. The molecule has 0 spiro atoms. The van der Waals surface area contributed by atoms with Gasteiger partial charge in [-0.25, -0.2) is 13.4 Å². The molecule has 1 fully saturated rings. The lowest BCUT2D eigenvalue weighted by Crippen LogP contribution is -2.42. The van der Waals surface area contributed by atoms with E-state index in [2.05, 4.69) is 27.8 Å². The van der Waals surface area contributed by atoms with Gasteiger partial charge in [0.25, 0.3) is 0 Å². The molecule has 2 aliphatic rings. The zero-order chi connectivity index (χ0) is 19.1. The predicted molar refractivity (Wildman–Crippen MR) is 125 cm³/mol. The fourth-order valence-electron chi connectivity index (χ4n) is 3.54. The summed E-state index contributed by atoms with van der Waals surface area (Å²) in [6, 6.07) is 7.59. The summed E-state index contributed by atoms with van der Waals surface area (Å²) in [6.45, 7) is 4.34. The van der Waals surface area contributed by atoms with Crippen LogP contribution < -0.4 is 10.6 Å². The SMILES string of the molecule is CCNC(=NCc1ccccc1S(=O)(=O)N1CCCCC1)NC1CC=CC1.I. The second kappa shape index (κ2) is 11.2. The molecule has 6 nitrogen and oxygen atoms in total. The topological polar surface area (TPSA) is 73.8 Å². The maximum atomic E-state index is 13.1. The number of guanidine groups is 1. The Hall–Kier alpha value is -1.13. The Balaban J connectivity index is 0.00000280. The van der Waals surface area contributed by atoms with Gasteiger partial charge in [-0.3, -0.25) is 0 Å². The summed E-state index contributed by atoms with van der Waals surface area (Å²) >= 11 is 0. The van der Waals surface area contributed by atoms with Gasteiger partial charge in [-0.2, -0.15) is 4.31 Å². The van der Waals surface area contributed by atoms with Crippen molar-refractivity contribution in [2.45, 2.75) is 56.5 Å². The van der Waals surface area contributed by atoms with E-state index < -0.39 is 10.0 Å². The van der Waals surface area contributed by atoms with E-state index in [-0.39, 0.29) is 24.0 Å². The van der Waals surface area contributed by atoms with Crippen LogP contribution in [0.1, 0.15) is 44.6 Å². The Bertz CT molecular complexity index is 781. The Morgan fingerprint density at radius 3 is 2.50 bits per heavy atom. The average molecular weight is 518 g/mol. The van der Waals surface area contributed by atoms with Crippen molar-refractivity contribution < 1.29 is 8.42 Å². The molecule has 0 amide bonds. The van der Waals surface area contributed by atoms with Crippen LogP contribution in [0.3, 0.4) is 0 Å². The third-order valence-corrected chi connectivity index (χ3v) is 7.00. The van der Waals surface area contributed by atoms with E-state index in [9.17, 15) is 8.42 Å². The van der Waals surface area contributed by atoms with E-state index in [1.807, 2.05) is 19.1 Å². The summed E-state index contributed by atoms with van der Waals surface area (Å²) in [5, 5.41) is 6.68. The second-order valence-electron chi connectivity index (χ2n) is 7.05. The van der Waals surface area contributed by atoms with Gasteiger partial charge in [0, 0.05) is 25.7 Å². The highest BCUT2D eigenvalue weighted by molar-refractivity contribution is 14.0. The van der Waals surface area contributed by atoms with Crippen molar-refractivity contribution in [3.63, 3.8) is 0 Å². The quantitative estimate of drug-likeness (QED) is 0.263. The van der Waals surface area contributed by atoms with Crippen LogP contribution in [0.5, 0.6) is 0 Å². The van der Waals surface area contributed by atoms with E-state index in [0.29, 0.717) is 30.6 Å². The number of nitrogens with zero attached hydrogens (tertiary/aromatic N) is 2. The molecular weight excluding hydrogens is 487 g/mol. The maximum Gasteiger partial charge on any atom is 0.243 e. The number of hydrogen-bond donors (Lipinski definition) is 2. The molecular formula is C20H31IN4O2S. The largest absolute Gasteiger partial charge is 0.357 e. The lowest BCUT2D eigenvalue weighted by Gasteiger charge is -2.26. The van der Waals surface area contributed by atoms with Gasteiger partial charge in [0.1, 0.15) is 0 Å². The van der Waals surface area contributed by atoms with Crippen LogP contribution in [0.25, 0.3) is 0 Å². The zero-order valence-electron chi connectivity index (χ0n) is 16.4. The molecule has 8 heteroatoms. The summed E-state index contributed by atoms with van der Waals surface area (Å²) in [7, 11) is -3.46. The molecule has 1 aliphatic carbocycles. The number of sulfonamides is 1. The van der Waals surface area contributed by atoms with E-state index in [4.69, 9.17) is 0 Å². The van der Waals surface area contributed by atoms with Crippen molar-refractivity contribution in [1.82, 2.24) is 14.9 Å².